The van der Waals surface area contributed by atoms with Crippen LogP contribution >= 0.6 is 22.7 Å². The Kier molecular flexibility index (Phi) is 26.7. The Bertz CT molecular complexity index is 4850. The van der Waals surface area contributed by atoms with E-state index in [-0.39, 0.29) is 76.1 Å². The second kappa shape index (κ2) is 39.1. The van der Waals surface area contributed by atoms with Crippen LogP contribution in [-0.4, -0.2) is 113 Å². The fourth-order valence-corrected chi connectivity index (χ4v) is 12.0. The van der Waals surface area contributed by atoms with Crippen molar-refractivity contribution in [3.8, 4) is 51.2 Å². The summed E-state index contributed by atoms with van der Waals surface area (Å²) in [6.45, 7) is 8.25. The maximum absolute atomic E-state index is 13.6. The molecule has 0 aliphatic carbocycles. The standard InChI is InChI=1S/2C28H28N2O5S.C26H28N2O6/c2*1-19(2)30(28(33)21-11-9-20(10-12-21)24-8-5-15-34-24)16-22-6-3-4-7-25(22)35-17-23-18-36-26(29-23)13-14-27(31)32;1-18(2)28(26(32)20-11-9-19(10-12-20)22-8-5-15-33-22)16-21-6-3-4-7-23(21)34-17-24(29)27-14-13-25(30)31/h2*3-12,15,18-19H,13-14,16-17H2,1-2H3,(H,31,32);3-12,15,18H,13-14,16-17H2,1-2H3,(H,27,29)(H,30,31)/i19D;16D2;18D. The van der Waals surface area contributed by atoms with E-state index in [1.165, 1.54) is 37.4 Å². The van der Waals surface area contributed by atoms with Crippen LogP contribution in [0, 0.1) is 0 Å². The maximum atomic E-state index is 13.6. The molecule has 0 fully saturated rings. The van der Waals surface area contributed by atoms with Gasteiger partial charge in [0, 0.05) is 118 Å². The zero-order valence-corrected chi connectivity index (χ0v) is 60.9. The van der Waals surface area contributed by atoms with E-state index in [4.69, 9.17) is 48.3 Å². The van der Waals surface area contributed by atoms with Crippen LogP contribution in [0.25, 0.3) is 34.0 Å². The van der Waals surface area contributed by atoms with Gasteiger partial charge in [0.2, 0.25) is 0 Å². The number of hydrogen-bond donors (Lipinski definition) is 4. The minimum absolute atomic E-state index is 0.00148. The number of carbonyl (C=O) groups excluding carboxylic acids is 4. The van der Waals surface area contributed by atoms with E-state index in [0.29, 0.717) is 80.3 Å². The molecule has 0 bridgehead atoms. The molecule has 4 amide bonds. The highest BCUT2D eigenvalue weighted by Crippen LogP contribution is 2.30. The quantitative estimate of drug-likeness (QED) is 0.0297. The fourth-order valence-electron chi connectivity index (χ4n) is 10.4. The van der Waals surface area contributed by atoms with E-state index in [1.54, 1.807) is 187 Å². The van der Waals surface area contributed by atoms with Crippen molar-refractivity contribution in [2.75, 3.05) is 13.2 Å². The van der Waals surface area contributed by atoms with Crippen LogP contribution < -0.4 is 19.5 Å². The Morgan fingerprint density at radius 1 is 0.462 bits per heavy atom. The first-order valence-electron chi connectivity index (χ1n) is 35.8. The summed E-state index contributed by atoms with van der Waals surface area (Å²) in [6.07, 6.45) is 5.34. The molecule has 0 radical (unpaired) electrons. The summed E-state index contributed by atoms with van der Waals surface area (Å²) in [7, 11) is 0. The Labute approximate surface area is 628 Å². The van der Waals surface area contributed by atoms with Gasteiger partial charge in [-0.2, -0.15) is 0 Å². The van der Waals surface area contributed by atoms with E-state index in [9.17, 15) is 33.6 Å². The molecule has 0 saturated carbocycles. The van der Waals surface area contributed by atoms with Crippen molar-refractivity contribution in [2.24, 2.45) is 0 Å². The van der Waals surface area contributed by atoms with Crippen molar-refractivity contribution in [1.82, 2.24) is 30.0 Å². The van der Waals surface area contributed by atoms with Gasteiger partial charge in [0.15, 0.2) is 6.61 Å². The molecule has 22 nitrogen and oxygen atoms in total. The molecule has 0 unspecified atom stereocenters. The first-order chi connectivity index (χ1) is 52.5. The highest BCUT2D eigenvalue weighted by atomic mass is 32.1. The third-order valence-corrected chi connectivity index (χ3v) is 17.8. The van der Waals surface area contributed by atoms with Crippen LogP contribution in [0.3, 0.4) is 0 Å². The lowest BCUT2D eigenvalue weighted by Crippen LogP contribution is -2.36. The van der Waals surface area contributed by atoms with Crippen LogP contribution in [0.2, 0.25) is 0 Å². The summed E-state index contributed by atoms with van der Waals surface area (Å²) in [4.78, 5) is 97.6. The van der Waals surface area contributed by atoms with Crippen molar-refractivity contribution >= 4 is 64.2 Å². The minimum atomic E-state index is -2.18. The highest BCUT2D eigenvalue weighted by Gasteiger charge is 2.25. The third-order valence-electron chi connectivity index (χ3n) is 15.9. The topological polar surface area (TPSA) is 295 Å². The number of rotatable bonds is 33. The molecule has 4 N–H and O–H groups in total. The smallest absolute Gasteiger partial charge is 0.305 e. The number of aliphatic carboxylic acids is 3. The molecule has 5 heterocycles. The molecular formula is C82H84N6O16S2. The van der Waals surface area contributed by atoms with Gasteiger partial charge >= 0.3 is 17.9 Å². The Morgan fingerprint density at radius 2 is 0.821 bits per heavy atom. The summed E-state index contributed by atoms with van der Waals surface area (Å²) in [5, 5.41) is 34.0. The van der Waals surface area contributed by atoms with Gasteiger partial charge in [-0.15, -0.1) is 22.7 Å². The number of furan rings is 3. The molecule has 0 atom stereocenters. The number of thiazole rings is 2. The van der Waals surface area contributed by atoms with Gasteiger partial charge in [0.05, 0.1) is 64.9 Å². The Hall–Kier alpha value is -11.9. The second-order valence-corrected chi connectivity index (χ2v) is 26.4. The van der Waals surface area contributed by atoms with Crippen molar-refractivity contribution in [3.63, 3.8) is 0 Å². The molecule has 6 aromatic carbocycles. The molecule has 0 aliphatic rings. The largest absolute Gasteiger partial charge is 0.487 e. The average Bonchev–Trinajstić information content (AvgIpc) is 0.994. The third kappa shape index (κ3) is 23.3. The highest BCUT2D eigenvalue weighted by molar-refractivity contribution is 7.09. The summed E-state index contributed by atoms with van der Waals surface area (Å²) < 4.78 is 69.1. The first-order valence-corrected chi connectivity index (χ1v) is 35.6. The number of nitrogens with one attached hydrogen (secondary N) is 1. The molecule has 0 saturated heterocycles. The molecule has 24 heteroatoms. The van der Waals surface area contributed by atoms with Crippen molar-refractivity contribution < 1.29 is 81.8 Å². The molecule has 11 rings (SSSR count). The van der Waals surface area contributed by atoms with Crippen LogP contribution in [0.4, 0.5) is 0 Å². The molecule has 5 aromatic heterocycles. The molecule has 550 valence electrons. The number of nitrogens with zero attached hydrogens (tertiary/aromatic N) is 5. The van der Waals surface area contributed by atoms with Gasteiger partial charge < -0.3 is 62.8 Å². The summed E-state index contributed by atoms with van der Waals surface area (Å²) >= 11 is 2.77. The number of aromatic nitrogens is 2. The lowest BCUT2D eigenvalue weighted by molar-refractivity contribution is -0.138. The summed E-state index contributed by atoms with van der Waals surface area (Å²) in [5.74, 6) is -0.844. The van der Waals surface area contributed by atoms with Gasteiger partial charge in [0.25, 0.3) is 23.6 Å². The average molecular weight is 1480 g/mol. The maximum Gasteiger partial charge on any atom is 0.305 e. The Balaban J connectivity index is 0.000000190. The van der Waals surface area contributed by atoms with Gasteiger partial charge in [-0.1, -0.05) is 91.0 Å². The first kappa shape index (κ1) is 72.5. The van der Waals surface area contributed by atoms with E-state index in [1.807, 2.05) is 66.0 Å². The zero-order chi connectivity index (χ0) is 79.1. The van der Waals surface area contributed by atoms with Crippen molar-refractivity contribution in [1.29, 1.82) is 0 Å². The van der Waals surface area contributed by atoms with E-state index >= 15 is 0 Å². The molecule has 0 spiro atoms. The van der Waals surface area contributed by atoms with Crippen LogP contribution in [0.5, 0.6) is 17.2 Å². The zero-order valence-electron chi connectivity index (χ0n) is 63.3. The number of para-hydroxylation sites is 3. The van der Waals surface area contributed by atoms with Crippen molar-refractivity contribution in [3.05, 3.63) is 266 Å². The predicted molar refractivity (Wildman–Crippen MR) is 402 cm³/mol. The fraction of sp³-hybridized carbons (Fsp3) is 0.256. The van der Waals surface area contributed by atoms with Crippen LogP contribution in [0.15, 0.2) is 225 Å². The number of hydrogen-bond acceptors (Lipinski definition) is 17. The van der Waals surface area contributed by atoms with E-state index in [0.717, 1.165) is 33.0 Å². The molecule has 11 aromatic rings. The number of carboxylic acids is 3. The van der Waals surface area contributed by atoms with Gasteiger partial charge in [-0.05, 0) is 133 Å². The van der Waals surface area contributed by atoms with Crippen molar-refractivity contribution in [2.45, 2.75) is 125 Å². The number of ether oxygens (including phenoxy) is 3. The van der Waals surface area contributed by atoms with Crippen LogP contribution in [-0.2, 0) is 64.8 Å². The van der Waals surface area contributed by atoms with Gasteiger partial charge in [-0.3, -0.25) is 33.6 Å². The Morgan fingerprint density at radius 3 is 1.18 bits per heavy atom. The van der Waals surface area contributed by atoms with Gasteiger partial charge in [0.1, 0.15) is 47.7 Å². The number of carbonyl (C=O) groups is 7. The van der Waals surface area contributed by atoms with E-state index in [2.05, 4.69) is 15.3 Å². The van der Waals surface area contributed by atoms with E-state index < -0.39 is 54.3 Å². The number of carboxylic acid groups (broad SMARTS) is 3. The van der Waals surface area contributed by atoms with Gasteiger partial charge in [-0.25, -0.2) is 9.97 Å². The minimum Gasteiger partial charge on any atom is -0.487 e. The number of aryl methyl sites for hydroxylation is 2. The second-order valence-electron chi connectivity index (χ2n) is 24.5. The lowest BCUT2D eigenvalue weighted by Gasteiger charge is -2.28. The SMILES string of the molecule is [2H]C(C)(C)N(Cc1ccccc1OCC(=O)NCCC(=O)O)C(=O)c1ccc(-c2ccco2)cc1.[2H]C(C)(C)N(Cc1ccccc1OCc1csc(CCC(=O)O)n1)C(=O)c1ccc(-c2ccco2)cc1.[2H]C([2H])(c1ccccc1OCc1csc(CCC(=O)O)n1)N(C(=O)c1ccc(-c2ccco2)cc1)C(C)C. The number of benzene rings is 6. The normalized spacial score (nSPS) is 11.8. The summed E-state index contributed by atoms with van der Waals surface area (Å²) in [6, 6.07) is 50.1. The summed E-state index contributed by atoms with van der Waals surface area (Å²) in [5.41, 5.74) is 6.73. The van der Waals surface area contributed by atoms with Crippen LogP contribution in [0.1, 0.15) is 135 Å². The molecule has 106 heavy (non-hydrogen) atoms. The lowest BCUT2D eigenvalue weighted by atomic mass is 10.1. The molecule has 0 aliphatic heterocycles. The predicted octanol–water partition coefficient (Wildman–Crippen LogP) is 16.1. The number of amides is 4. The monoisotopic (exact) mass is 1480 g/mol. The molecular weight excluding hydrogens is 1390 g/mol.